The molecule has 0 aliphatic carbocycles. The fourth-order valence-corrected chi connectivity index (χ4v) is 1.88. The van der Waals surface area contributed by atoms with Gasteiger partial charge in [0.1, 0.15) is 6.10 Å². The van der Waals surface area contributed by atoms with Gasteiger partial charge in [0, 0.05) is 12.4 Å². The van der Waals surface area contributed by atoms with Gasteiger partial charge >= 0.3 is 5.97 Å². The predicted octanol–water partition coefficient (Wildman–Crippen LogP) is 2.35. The van der Waals surface area contributed by atoms with Crippen LogP contribution in [-0.4, -0.2) is 21.2 Å². The van der Waals surface area contributed by atoms with E-state index in [2.05, 4.69) is 4.98 Å². The van der Waals surface area contributed by atoms with Crippen molar-refractivity contribution in [2.24, 2.45) is 0 Å². The molecule has 0 saturated heterocycles. The Balaban J connectivity index is 2.31. The molecule has 0 aliphatic heterocycles. The van der Waals surface area contributed by atoms with Gasteiger partial charge in [-0.25, -0.2) is 0 Å². The molecule has 1 heterocycles. The normalized spacial score (nSPS) is 13.8. The van der Waals surface area contributed by atoms with E-state index in [4.69, 9.17) is 5.11 Å². The summed E-state index contributed by atoms with van der Waals surface area (Å²) in [6, 6.07) is 10.5. The summed E-state index contributed by atoms with van der Waals surface area (Å²) in [4.78, 5) is 14.9. The maximum atomic E-state index is 11.0. The predicted molar refractivity (Wildman–Crippen MR) is 70.8 cm³/mol. The second-order valence-electron chi connectivity index (χ2n) is 4.41. The molecule has 1 aromatic carbocycles. The zero-order valence-corrected chi connectivity index (χ0v) is 10.5. The molecule has 0 spiro atoms. The van der Waals surface area contributed by atoms with Crippen LogP contribution in [0.2, 0.25) is 0 Å². The van der Waals surface area contributed by atoms with E-state index in [1.54, 1.807) is 55.7 Å². The van der Waals surface area contributed by atoms with Gasteiger partial charge in [0.25, 0.3) is 0 Å². The molecule has 0 aliphatic rings. The van der Waals surface area contributed by atoms with Crippen LogP contribution in [0.4, 0.5) is 0 Å². The number of carboxylic acid groups (broad SMARTS) is 1. The van der Waals surface area contributed by atoms with Gasteiger partial charge in [0.15, 0.2) is 0 Å². The van der Waals surface area contributed by atoms with Crippen molar-refractivity contribution in [2.75, 3.05) is 0 Å². The maximum absolute atomic E-state index is 11.0. The molecule has 2 aromatic rings. The zero-order valence-electron chi connectivity index (χ0n) is 10.5. The summed E-state index contributed by atoms with van der Waals surface area (Å²) >= 11 is 0. The van der Waals surface area contributed by atoms with Gasteiger partial charge in [-0.15, -0.1) is 0 Å². The Kier molecular flexibility index (Phi) is 3.92. The van der Waals surface area contributed by atoms with Gasteiger partial charge in [-0.2, -0.15) is 0 Å². The van der Waals surface area contributed by atoms with Gasteiger partial charge in [-0.05, 0) is 35.7 Å². The van der Waals surface area contributed by atoms with Crippen LogP contribution in [0.1, 0.15) is 35.6 Å². The molecular formula is C15H15NO3. The van der Waals surface area contributed by atoms with Crippen molar-refractivity contribution in [1.29, 1.82) is 0 Å². The van der Waals surface area contributed by atoms with Crippen molar-refractivity contribution >= 4 is 5.97 Å². The van der Waals surface area contributed by atoms with Crippen LogP contribution in [-0.2, 0) is 4.79 Å². The van der Waals surface area contributed by atoms with Crippen LogP contribution in [0.15, 0.2) is 48.8 Å². The first-order chi connectivity index (χ1) is 9.09. The highest BCUT2D eigenvalue weighted by Crippen LogP contribution is 2.24. The second-order valence-corrected chi connectivity index (χ2v) is 4.41. The van der Waals surface area contributed by atoms with Crippen molar-refractivity contribution in [2.45, 2.75) is 18.9 Å². The van der Waals surface area contributed by atoms with Crippen molar-refractivity contribution in [3.8, 4) is 0 Å². The average molecular weight is 257 g/mol. The summed E-state index contributed by atoms with van der Waals surface area (Å²) in [5.41, 5.74) is 2.09. The summed E-state index contributed by atoms with van der Waals surface area (Å²) in [7, 11) is 0. The van der Waals surface area contributed by atoms with E-state index in [0.29, 0.717) is 11.1 Å². The molecule has 2 atom stereocenters. The van der Waals surface area contributed by atoms with Crippen molar-refractivity contribution in [3.63, 3.8) is 0 Å². The number of carbonyl (C=O) groups is 1. The molecule has 2 N–H and O–H groups in total. The number of pyridine rings is 1. The fraction of sp³-hybridized carbons (Fsp3) is 0.200. The van der Waals surface area contributed by atoms with Crippen LogP contribution < -0.4 is 0 Å². The van der Waals surface area contributed by atoms with Crippen molar-refractivity contribution in [1.82, 2.24) is 4.98 Å². The number of hydrogen-bond acceptors (Lipinski definition) is 3. The number of hydrogen-bond donors (Lipinski definition) is 2. The summed E-state index contributed by atoms with van der Waals surface area (Å²) in [6.07, 6.45) is 2.45. The summed E-state index contributed by atoms with van der Waals surface area (Å²) in [5.74, 6) is -1.47. The summed E-state index contributed by atoms with van der Waals surface area (Å²) in [5, 5.41) is 19.3. The van der Waals surface area contributed by atoms with Crippen LogP contribution in [0.25, 0.3) is 0 Å². The maximum Gasteiger partial charge on any atom is 0.310 e. The second kappa shape index (κ2) is 5.63. The van der Waals surface area contributed by atoms with E-state index in [1.165, 1.54) is 0 Å². The minimum Gasteiger partial charge on any atom is -0.481 e. The van der Waals surface area contributed by atoms with E-state index in [1.807, 2.05) is 0 Å². The van der Waals surface area contributed by atoms with E-state index in [-0.39, 0.29) is 0 Å². The van der Waals surface area contributed by atoms with Crippen LogP contribution in [0, 0.1) is 0 Å². The van der Waals surface area contributed by atoms with E-state index in [9.17, 15) is 9.90 Å². The van der Waals surface area contributed by atoms with Gasteiger partial charge in [-0.3, -0.25) is 9.78 Å². The minimum atomic E-state index is -0.879. The third-order valence-electron chi connectivity index (χ3n) is 3.12. The molecule has 0 saturated carbocycles. The Morgan fingerprint density at radius 2 is 1.74 bits per heavy atom. The highest BCUT2D eigenvalue weighted by molar-refractivity contribution is 5.75. The van der Waals surface area contributed by atoms with Crippen molar-refractivity contribution < 1.29 is 15.0 Å². The largest absolute Gasteiger partial charge is 0.481 e. The quantitative estimate of drug-likeness (QED) is 0.882. The Hall–Kier alpha value is -2.20. The molecule has 2 rings (SSSR count). The van der Waals surface area contributed by atoms with Gasteiger partial charge in [0.2, 0.25) is 0 Å². The minimum absolute atomic E-state index is 0.593. The number of aliphatic hydroxyl groups is 1. The average Bonchev–Trinajstić information content (AvgIpc) is 2.46. The molecule has 4 nitrogen and oxygen atoms in total. The van der Waals surface area contributed by atoms with Gasteiger partial charge < -0.3 is 10.2 Å². The van der Waals surface area contributed by atoms with E-state index >= 15 is 0 Å². The third kappa shape index (κ3) is 2.98. The zero-order chi connectivity index (χ0) is 13.8. The number of benzene rings is 1. The highest BCUT2D eigenvalue weighted by Gasteiger charge is 2.16. The first kappa shape index (κ1) is 13.2. The van der Waals surface area contributed by atoms with Crippen molar-refractivity contribution in [3.05, 3.63) is 65.5 Å². The fourth-order valence-electron chi connectivity index (χ4n) is 1.88. The topological polar surface area (TPSA) is 70.4 Å². The number of aliphatic carboxylic acids is 1. The Bertz CT molecular complexity index is 569. The number of rotatable bonds is 4. The molecule has 19 heavy (non-hydrogen) atoms. The molecular weight excluding hydrogens is 242 g/mol. The molecule has 0 fully saturated rings. The highest BCUT2D eigenvalue weighted by atomic mass is 16.4. The van der Waals surface area contributed by atoms with Crippen LogP contribution in [0.3, 0.4) is 0 Å². The summed E-state index contributed by atoms with van der Waals surface area (Å²) in [6.45, 7) is 1.63. The molecule has 1 aromatic heterocycles. The third-order valence-corrected chi connectivity index (χ3v) is 3.12. The number of aliphatic hydroxyl groups excluding tert-OH is 1. The molecule has 0 amide bonds. The molecule has 0 radical (unpaired) electrons. The Morgan fingerprint density at radius 1 is 1.11 bits per heavy atom. The Morgan fingerprint density at radius 3 is 2.37 bits per heavy atom. The number of carboxylic acids is 1. The van der Waals surface area contributed by atoms with Crippen LogP contribution in [0.5, 0.6) is 0 Å². The van der Waals surface area contributed by atoms with Gasteiger partial charge in [0.05, 0.1) is 5.92 Å². The number of nitrogens with zero attached hydrogens (tertiary/aromatic N) is 1. The lowest BCUT2D eigenvalue weighted by Gasteiger charge is -2.14. The first-order valence-electron chi connectivity index (χ1n) is 6.00. The lowest BCUT2D eigenvalue weighted by molar-refractivity contribution is -0.138. The molecule has 2 unspecified atom stereocenters. The SMILES string of the molecule is CC(C(=O)O)c1cccc(C(O)c2ccncc2)c1. The first-order valence-corrected chi connectivity index (χ1v) is 6.00. The van der Waals surface area contributed by atoms with Gasteiger partial charge in [-0.1, -0.05) is 24.3 Å². The molecule has 4 heteroatoms. The smallest absolute Gasteiger partial charge is 0.310 e. The monoisotopic (exact) mass is 257 g/mol. The van der Waals surface area contributed by atoms with E-state index in [0.717, 1.165) is 5.56 Å². The molecule has 98 valence electrons. The molecule has 0 bridgehead atoms. The number of aromatic nitrogens is 1. The Labute approximate surface area is 111 Å². The standard InChI is InChI=1S/C15H15NO3/c1-10(15(18)19)12-3-2-4-13(9-12)14(17)11-5-7-16-8-6-11/h2-10,14,17H,1H3,(H,18,19). The lowest BCUT2D eigenvalue weighted by atomic mass is 9.95. The lowest BCUT2D eigenvalue weighted by Crippen LogP contribution is -2.08. The summed E-state index contributed by atoms with van der Waals surface area (Å²) < 4.78 is 0. The van der Waals surface area contributed by atoms with E-state index < -0.39 is 18.0 Å². The van der Waals surface area contributed by atoms with Crippen LogP contribution >= 0.6 is 0 Å².